The molecule has 1 N–H and O–H groups in total. The zero-order valence-corrected chi connectivity index (χ0v) is 13.6. The number of aliphatic hydroxyl groups is 1. The predicted molar refractivity (Wildman–Crippen MR) is 88.4 cm³/mol. The van der Waals surface area contributed by atoms with Crippen molar-refractivity contribution in [3.63, 3.8) is 0 Å². The highest BCUT2D eigenvalue weighted by Crippen LogP contribution is 2.10. The molecule has 1 aromatic heterocycles. The second-order valence-corrected chi connectivity index (χ2v) is 5.44. The molecule has 0 aliphatic heterocycles. The Morgan fingerprint density at radius 1 is 1.17 bits per heavy atom. The Balaban J connectivity index is 1.80. The topological polar surface area (TPSA) is 55.1 Å². The first-order valence-electron chi connectivity index (χ1n) is 7.87. The molecule has 1 heterocycles. The second-order valence-electron chi connectivity index (χ2n) is 5.44. The Kier molecular flexibility index (Phi) is 7.66. The van der Waals surface area contributed by atoms with Crippen LogP contribution in [0.4, 0.5) is 0 Å². The van der Waals surface area contributed by atoms with Crippen LogP contribution >= 0.6 is 0 Å². The minimum absolute atomic E-state index is 0.267. The molecule has 126 valence electrons. The molecule has 0 fully saturated rings. The molecule has 0 unspecified atom stereocenters. The highest BCUT2D eigenvalue weighted by atomic mass is 16.5. The van der Waals surface area contributed by atoms with Gasteiger partial charge in [-0.1, -0.05) is 18.2 Å². The Bertz CT molecular complexity index is 515. The van der Waals surface area contributed by atoms with Gasteiger partial charge >= 0.3 is 0 Å². The van der Waals surface area contributed by atoms with Crippen LogP contribution in [0, 0.1) is 0 Å². The normalized spacial score (nSPS) is 12.5. The molecule has 2 aromatic rings. The van der Waals surface area contributed by atoms with E-state index in [9.17, 15) is 5.11 Å². The van der Waals surface area contributed by atoms with Crippen LogP contribution in [0.15, 0.2) is 53.1 Å². The molecule has 5 nitrogen and oxygen atoms in total. The van der Waals surface area contributed by atoms with Crippen molar-refractivity contribution in [1.29, 1.82) is 0 Å². The molecule has 0 saturated carbocycles. The summed E-state index contributed by atoms with van der Waals surface area (Å²) in [6.45, 7) is 2.99. The first-order valence-corrected chi connectivity index (χ1v) is 7.87. The summed E-state index contributed by atoms with van der Waals surface area (Å²) in [4.78, 5) is 2.15. The van der Waals surface area contributed by atoms with Crippen molar-refractivity contribution < 1.29 is 19.0 Å². The van der Waals surface area contributed by atoms with Gasteiger partial charge in [0.25, 0.3) is 0 Å². The Hall–Kier alpha value is -1.82. The highest BCUT2D eigenvalue weighted by Gasteiger charge is 2.14. The number of hydrogen-bond donors (Lipinski definition) is 1. The van der Waals surface area contributed by atoms with Gasteiger partial charge < -0.3 is 19.0 Å². The van der Waals surface area contributed by atoms with Crippen LogP contribution < -0.4 is 4.74 Å². The van der Waals surface area contributed by atoms with Crippen LogP contribution in [0.25, 0.3) is 0 Å². The summed E-state index contributed by atoms with van der Waals surface area (Å²) in [5.41, 5.74) is 0. The highest BCUT2D eigenvalue weighted by molar-refractivity contribution is 5.20. The molecule has 1 aromatic carbocycles. The molecule has 5 heteroatoms. The van der Waals surface area contributed by atoms with Crippen molar-refractivity contribution in [2.45, 2.75) is 19.1 Å². The summed E-state index contributed by atoms with van der Waals surface area (Å²) < 4.78 is 16.1. The van der Waals surface area contributed by atoms with Crippen LogP contribution in [-0.4, -0.2) is 49.5 Å². The molecular formula is C18H25NO4. The van der Waals surface area contributed by atoms with Crippen LogP contribution in [0.5, 0.6) is 5.75 Å². The standard InChI is InChI=1S/C18H25NO4/c1-21-11-6-10-19(14-18-9-5-12-22-18)13-16(20)15-23-17-7-3-2-4-8-17/h2-5,7-9,12,16,20H,6,10-11,13-15H2,1H3/t16-/m0/s1. The molecule has 0 spiro atoms. The van der Waals surface area contributed by atoms with Gasteiger partial charge in [-0.25, -0.2) is 0 Å². The Morgan fingerprint density at radius 3 is 2.70 bits per heavy atom. The molecule has 0 amide bonds. The largest absolute Gasteiger partial charge is 0.491 e. The fraction of sp³-hybridized carbons (Fsp3) is 0.444. The average Bonchev–Trinajstić information content (AvgIpc) is 3.07. The lowest BCUT2D eigenvalue weighted by atomic mass is 10.3. The van der Waals surface area contributed by atoms with E-state index in [-0.39, 0.29) is 6.61 Å². The van der Waals surface area contributed by atoms with Crippen molar-refractivity contribution in [3.05, 3.63) is 54.5 Å². The van der Waals surface area contributed by atoms with Crippen LogP contribution in [-0.2, 0) is 11.3 Å². The van der Waals surface area contributed by atoms with Crippen molar-refractivity contribution in [3.8, 4) is 5.75 Å². The van der Waals surface area contributed by atoms with Gasteiger partial charge in [-0.05, 0) is 30.7 Å². The first kappa shape index (κ1) is 17.5. The van der Waals surface area contributed by atoms with Gasteiger partial charge in [0.2, 0.25) is 0 Å². The molecule has 2 rings (SSSR count). The SMILES string of the molecule is COCCCN(Cc1ccco1)C[C@H](O)COc1ccccc1. The maximum absolute atomic E-state index is 10.2. The van der Waals surface area contributed by atoms with E-state index in [4.69, 9.17) is 13.9 Å². The fourth-order valence-electron chi connectivity index (χ4n) is 2.35. The third-order valence-corrected chi connectivity index (χ3v) is 3.44. The number of aliphatic hydroxyl groups excluding tert-OH is 1. The van der Waals surface area contributed by atoms with Gasteiger partial charge in [0.05, 0.1) is 12.8 Å². The minimum atomic E-state index is -0.562. The number of hydrogen-bond acceptors (Lipinski definition) is 5. The smallest absolute Gasteiger partial charge is 0.119 e. The summed E-state index contributed by atoms with van der Waals surface area (Å²) >= 11 is 0. The van der Waals surface area contributed by atoms with E-state index in [0.29, 0.717) is 19.7 Å². The number of para-hydroxylation sites is 1. The van der Waals surface area contributed by atoms with Gasteiger partial charge in [0, 0.05) is 26.8 Å². The van der Waals surface area contributed by atoms with Gasteiger partial charge in [-0.3, -0.25) is 4.90 Å². The quantitative estimate of drug-likeness (QED) is 0.645. The van der Waals surface area contributed by atoms with Gasteiger partial charge in [-0.15, -0.1) is 0 Å². The Morgan fingerprint density at radius 2 is 2.00 bits per heavy atom. The van der Waals surface area contributed by atoms with Crippen LogP contribution in [0.2, 0.25) is 0 Å². The second kappa shape index (κ2) is 10.0. The van der Waals surface area contributed by atoms with E-state index < -0.39 is 6.10 Å². The maximum Gasteiger partial charge on any atom is 0.119 e. The molecule has 0 radical (unpaired) electrons. The summed E-state index contributed by atoms with van der Waals surface area (Å²) in [6, 6.07) is 13.3. The van der Waals surface area contributed by atoms with E-state index in [0.717, 1.165) is 24.5 Å². The molecule has 0 aliphatic rings. The van der Waals surface area contributed by atoms with E-state index >= 15 is 0 Å². The number of benzene rings is 1. The van der Waals surface area contributed by atoms with E-state index in [1.165, 1.54) is 0 Å². The summed E-state index contributed by atoms with van der Waals surface area (Å²) in [5.74, 6) is 1.65. The molecule has 0 aliphatic carbocycles. The number of methoxy groups -OCH3 is 1. The summed E-state index contributed by atoms with van der Waals surface area (Å²) in [6.07, 6.45) is 2.01. The van der Waals surface area contributed by atoms with Crippen molar-refractivity contribution in [2.75, 3.05) is 33.4 Å². The predicted octanol–water partition coefficient (Wildman–Crippen LogP) is 2.56. The molecule has 0 bridgehead atoms. The monoisotopic (exact) mass is 319 g/mol. The van der Waals surface area contributed by atoms with Crippen LogP contribution in [0.1, 0.15) is 12.2 Å². The lowest BCUT2D eigenvalue weighted by molar-refractivity contribution is 0.0594. The zero-order chi connectivity index (χ0) is 16.3. The molecule has 0 saturated heterocycles. The number of rotatable bonds is 11. The summed E-state index contributed by atoms with van der Waals surface area (Å²) in [7, 11) is 1.69. The fourth-order valence-corrected chi connectivity index (χ4v) is 2.35. The number of ether oxygens (including phenoxy) is 2. The third kappa shape index (κ3) is 6.86. The van der Waals surface area contributed by atoms with Crippen molar-refractivity contribution in [1.82, 2.24) is 4.90 Å². The maximum atomic E-state index is 10.2. The van der Waals surface area contributed by atoms with Gasteiger partial charge in [0.1, 0.15) is 24.2 Å². The van der Waals surface area contributed by atoms with E-state index in [2.05, 4.69) is 4.90 Å². The zero-order valence-electron chi connectivity index (χ0n) is 13.6. The molecule has 1 atom stereocenters. The van der Waals surface area contributed by atoms with Crippen molar-refractivity contribution in [2.24, 2.45) is 0 Å². The number of furan rings is 1. The third-order valence-electron chi connectivity index (χ3n) is 3.44. The average molecular weight is 319 g/mol. The van der Waals surface area contributed by atoms with Gasteiger partial charge in [-0.2, -0.15) is 0 Å². The molecular weight excluding hydrogens is 294 g/mol. The number of nitrogens with zero attached hydrogens (tertiary/aromatic N) is 1. The summed E-state index contributed by atoms with van der Waals surface area (Å²) in [5, 5.41) is 10.2. The van der Waals surface area contributed by atoms with E-state index in [1.54, 1.807) is 13.4 Å². The van der Waals surface area contributed by atoms with Crippen molar-refractivity contribution >= 4 is 0 Å². The van der Waals surface area contributed by atoms with Gasteiger partial charge in [0.15, 0.2) is 0 Å². The molecule has 23 heavy (non-hydrogen) atoms. The minimum Gasteiger partial charge on any atom is -0.491 e. The lowest BCUT2D eigenvalue weighted by Crippen LogP contribution is -2.36. The van der Waals surface area contributed by atoms with E-state index in [1.807, 2.05) is 42.5 Å². The first-order chi connectivity index (χ1) is 11.3. The lowest BCUT2D eigenvalue weighted by Gasteiger charge is -2.24. The Labute approximate surface area is 137 Å². The van der Waals surface area contributed by atoms with Crippen LogP contribution in [0.3, 0.4) is 0 Å².